The summed E-state index contributed by atoms with van der Waals surface area (Å²) in [6.07, 6.45) is 3.43. The summed E-state index contributed by atoms with van der Waals surface area (Å²) in [4.78, 5) is 16.8. The van der Waals surface area contributed by atoms with Crippen LogP contribution in [0.25, 0.3) is 0 Å². The fourth-order valence-electron chi connectivity index (χ4n) is 2.46. The van der Waals surface area contributed by atoms with Gasteiger partial charge in [0.25, 0.3) is 5.91 Å². The lowest BCUT2D eigenvalue weighted by molar-refractivity contribution is 0.0937. The van der Waals surface area contributed by atoms with E-state index in [4.69, 9.17) is 11.6 Å². The van der Waals surface area contributed by atoms with Crippen LogP contribution in [0.4, 0.5) is 4.39 Å². The highest BCUT2D eigenvalue weighted by atomic mass is 35.5. The lowest BCUT2D eigenvalue weighted by Gasteiger charge is -2.19. The zero-order valence-corrected chi connectivity index (χ0v) is 13.7. The number of imidazole rings is 1. The van der Waals surface area contributed by atoms with Crippen LogP contribution >= 0.6 is 11.6 Å². The summed E-state index contributed by atoms with van der Waals surface area (Å²) in [5, 5.41) is 3.44. The van der Waals surface area contributed by atoms with Gasteiger partial charge in [-0.05, 0) is 29.8 Å². The first-order chi connectivity index (χ1) is 11.6. The van der Waals surface area contributed by atoms with Crippen molar-refractivity contribution in [3.8, 4) is 0 Å². The van der Waals surface area contributed by atoms with Gasteiger partial charge in [-0.2, -0.15) is 0 Å². The predicted molar refractivity (Wildman–Crippen MR) is 90.4 cm³/mol. The van der Waals surface area contributed by atoms with Crippen LogP contribution in [0.2, 0.25) is 5.02 Å². The van der Waals surface area contributed by atoms with E-state index in [0.29, 0.717) is 10.8 Å². The molecule has 0 spiro atoms. The molecule has 122 valence electrons. The van der Waals surface area contributed by atoms with Crippen molar-refractivity contribution in [2.75, 3.05) is 0 Å². The predicted octanol–water partition coefficient (Wildman–Crippen LogP) is 3.73. The normalized spacial score (nSPS) is 12.0. The number of hydrogen-bond donors (Lipinski definition) is 1. The minimum absolute atomic E-state index is 0.00864. The largest absolute Gasteiger partial charge is 0.338 e. The van der Waals surface area contributed by atoms with Gasteiger partial charge in [0.05, 0.1) is 5.56 Å². The average Bonchev–Trinajstić information content (AvgIpc) is 2.99. The zero-order chi connectivity index (χ0) is 17.1. The minimum Gasteiger partial charge on any atom is -0.338 e. The molecule has 0 bridgehead atoms. The Morgan fingerprint density at radius 2 is 1.92 bits per heavy atom. The van der Waals surface area contributed by atoms with Gasteiger partial charge >= 0.3 is 0 Å². The fraction of sp³-hybridized carbons (Fsp3) is 0.111. The van der Waals surface area contributed by atoms with E-state index < -0.39 is 17.8 Å². The molecule has 1 amide bonds. The second-order valence-electron chi connectivity index (χ2n) is 5.33. The third kappa shape index (κ3) is 3.31. The van der Waals surface area contributed by atoms with Crippen molar-refractivity contribution < 1.29 is 9.18 Å². The topological polar surface area (TPSA) is 46.9 Å². The molecular weight excluding hydrogens is 329 g/mol. The SMILES string of the molecule is Cn1ccnc1[C@H](NC(=O)c1ccccc1F)c1ccc(Cl)cc1. The van der Waals surface area contributed by atoms with E-state index in [1.165, 1.54) is 12.1 Å². The summed E-state index contributed by atoms with van der Waals surface area (Å²) in [7, 11) is 1.83. The van der Waals surface area contributed by atoms with Gasteiger partial charge in [-0.3, -0.25) is 4.79 Å². The highest BCUT2D eigenvalue weighted by molar-refractivity contribution is 6.30. The van der Waals surface area contributed by atoms with Gasteiger partial charge in [-0.1, -0.05) is 35.9 Å². The summed E-state index contributed by atoms with van der Waals surface area (Å²) in [6.45, 7) is 0. The second-order valence-corrected chi connectivity index (χ2v) is 5.77. The highest BCUT2D eigenvalue weighted by Gasteiger charge is 2.22. The van der Waals surface area contributed by atoms with E-state index in [1.54, 1.807) is 41.2 Å². The van der Waals surface area contributed by atoms with E-state index in [1.807, 2.05) is 19.2 Å². The van der Waals surface area contributed by atoms with Crippen LogP contribution < -0.4 is 5.32 Å². The maximum absolute atomic E-state index is 13.9. The Hall–Kier alpha value is -2.66. The maximum Gasteiger partial charge on any atom is 0.255 e. The standard InChI is InChI=1S/C18H15ClFN3O/c1-23-11-10-21-17(23)16(12-6-8-13(19)9-7-12)22-18(24)14-4-2-3-5-15(14)20/h2-11,16H,1H3,(H,22,24)/t16-/m1/s1. The molecule has 6 heteroatoms. The van der Waals surface area contributed by atoms with Gasteiger partial charge in [0.15, 0.2) is 0 Å². The first-order valence-electron chi connectivity index (χ1n) is 7.34. The molecule has 1 N–H and O–H groups in total. The molecule has 4 nitrogen and oxygen atoms in total. The van der Waals surface area contributed by atoms with Crippen molar-refractivity contribution in [3.63, 3.8) is 0 Å². The molecule has 24 heavy (non-hydrogen) atoms. The number of hydrogen-bond acceptors (Lipinski definition) is 2. The van der Waals surface area contributed by atoms with Crippen molar-refractivity contribution in [3.05, 3.63) is 88.7 Å². The number of halogens is 2. The Morgan fingerprint density at radius 3 is 2.54 bits per heavy atom. The Labute approximate surface area is 143 Å². The molecule has 0 aliphatic heterocycles. The summed E-state index contributed by atoms with van der Waals surface area (Å²) >= 11 is 5.94. The molecule has 0 aliphatic carbocycles. The van der Waals surface area contributed by atoms with Crippen LogP contribution in [0, 0.1) is 5.82 Å². The van der Waals surface area contributed by atoms with E-state index in [0.717, 1.165) is 5.56 Å². The van der Waals surface area contributed by atoms with Crippen LogP contribution in [0.3, 0.4) is 0 Å². The molecule has 3 rings (SSSR count). The lowest BCUT2D eigenvalue weighted by Crippen LogP contribution is -2.31. The third-order valence-corrected chi connectivity index (χ3v) is 3.97. The van der Waals surface area contributed by atoms with Crippen LogP contribution in [0.5, 0.6) is 0 Å². The number of carbonyl (C=O) groups excluding carboxylic acids is 1. The molecular formula is C18H15ClFN3O. The van der Waals surface area contributed by atoms with E-state index in [9.17, 15) is 9.18 Å². The van der Waals surface area contributed by atoms with Crippen LogP contribution in [-0.4, -0.2) is 15.5 Å². The highest BCUT2D eigenvalue weighted by Crippen LogP contribution is 2.23. The number of aromatic nitrogens is 2. The number of nitrogens with zero attached hydrogens (tertiary/aromatic N) is 2. The minimum atomic E-state index is -0.565. The number of rotatable bonds is 4. The van der Waals surface area contributed by atoms with Crippen molar-refractivity contribution in [2.45, 2.75) is 6.04 Å². The van der Waals surface area contributed by atoms with Crippen LogP contribution in [-0.2, 0) is 7.05 Å². The van der Waals surface area contributed by atoms with Gasteiger partial charge in [0.2, 0.25) is 0 Å². The van der Waals surface area contributed by atoms with E-state index in [2.05, 4.69) is 10.3 Å². The Kier molecular flexibility index (Phi) is 4.62. The Bertz CT molecular complexity index is 861. The summed E-state index contributed by atoms with van der Waals surface area (Å²) in [6, 6.07) is 12.4. The molecule has 1 heterocycles. The molecule has 0 aliphatic rings. The second kappa shape index (κ2) is 6.84. The molecule has 2 aromatic carbocycles. The molecule has 0 radical (unpaired) electrons. The van der Waals surface area contributed by atoms with Crippen LogP contribution in [0.15, 0.2) is 60.9 Å². The summed E-state index contributed by atoms with van der Waals surface area (Å²) in [5.74, 6) is -0.428. The number of benzene rings is 2. The smallest absolute Gasteiger partial charge is 0.255 e. The first-order valence-corrected chi connectivity index (χ1v) is 7.72. The zero-order valence-electron chi connectivity index (χ0n) is 12.9. The summed E-state index contributed by atoms with van der Waals surface area (Å²) < 4.78 is 15.7. The number of aryl methyl sites for hydroxylation is 1. The fourth-order valence-corrected chi connectivity index (χ4v) is 2.59. The van der Waals surface area contributed by atoms with E-state index in [-0.39, 0.29) is 5.56 Å². The Balaban J connectivity index is 1.97. The van der Waals surface area contributed by atoms with Crippen molar-refractivity contribution in [2.24, 2.45) is 7.05 Å². The van der Waals surface area contributed by atoms with Crippen molar-refractivity contribution in [1.82, 2.24) is 14.9 Å². The van der Waals surface area contributed by atoms with Gasteiger partial charge in [0.1, 0.15) is 17.7 Å². The summed E-state index contributed by atoms with van der Waals surface area (Å²) in [5.41, 5.74) is 0.795. The maximum atomic E-state index is 13.9. The molecule has 0 unspecified atom stereocenters. The van der Waals surface area contributed by atoms with E-state index >= 15 is 0 Å². The number of carbonyl (C=O) groups is 1. The van der Waals surface area contributed by atoms with Gasteiger partial charge < -0.3 is 9.88 Å². The molecule has 0 saturated heterocycles. The number of nitrogens with one attached hydrogen (secondary N) is 1. The first kappa shape index (κ1) is 16.2. The molecule has 0 saturated carbocycles. The monoisotopic (exact) mass is 343 g/mol. The van der Waals surface area contributed by atoms with Crippen molar-refractivity contribution in [1.29, 1.82) is 0 Å². The van der Waals surface area contributed by atoms with Gasteiger partial charge in [0, 0.05) is 24.5 Å². The van der Waals surface area contributed by atoms with Crippen molar-refractivity contribution >= 4 is 17.5 Å². The lowest BCUT2D eigenvalue weighted by atomic mass is 10.1. The third-order valence-electron chi connectivity index (χ3n) is 3.71. The number of amides is 1. The molecule has 3 aromatic rings. The quantitative estimate of drug-likeness (QED) is 0.784. The Morgan fingerprint density at radius 1 is 1.21 bits per heavy atom. The molecule has 1 aromatic heterocycles. The van der Waals surface area contributed by atoms with Gasteiger partial charge in [-0.15, -0.1) is 0 Å². The average molecular weight is 344 g/mol. The molecule has 0 fully saturated rings. The van der Waals surface area contributed by atoms with Crippen LogP contribution in [0.1, 0.15) is 27.8 Å². The molecule has 1 atom stereocenters. The van der Waals surface area contributed by atoms with Gasteiger partial charge in [-0.25, -0.2) is 9.37 Å².